The SMILES string of the molecule is COC(=O)C1OC(C)(C)O[C@@H]1C. The summed E-state index contributed by atoms with van der Waals surface area (Å²) in [7, 11) is 1.34. The van der Waals surface area contributed by atoms with E-state index in [2.05, 4.69) is 4.74 Å². The monoisotopic (exact) mass is 174 g/mol. The first-order valence-corrected chi connectivity index (χ1v) is 3.90. The lowest BCUT2D eigenvalue weighted by atomic mass is 10.2. The predicted molar refractivity (Wildman–Crippen MR) is 41.5 cm³/mol. The van der Waals surface area contributed by atoms with E-state index in [-0.39, 0.29) is 12.1 Å². The van der Waals surface area contributed by atoms with Crippen LogP contribution < -0.4 is 0 Å². The van der Waals surface area contributed by atoms with E-state index in [0.717, 1.165) is 0 Å². The van der Waals surface area contributed by atoms with Crippen LogP contribution in [0, 0.1) is 0 Å². The lowest BCUT2D eigenvalue weighted by Gasteiger charge is -2.15. The largest absolute Gasteiger partial charge is 0.467 e. The lowest BCUT2D eigenvalue weighted by molar-refractivity contribution is -0.168. The zero-order chi connectivity index (χ0) is 9.35. The molecular formula is C8H14O4. The summed E-state index contributed by atoms with van der Waals surface area (Å²) in [4.78, 5) is 11.1. The highest BCUT2D eigenvalue weighted by atomic mass is 16.8. The molecule has 0 radical (unpaired) electrons. The first-order chi connectivity index (χ1) is 5.46. The van der Waals surface area contributed by atoms with Gasteiger partial charge in [0.2, 0.25) is 0 Å². The molecule has 0 aromatic rings. The van der Waals surface area contributed by atoms with Gasteiger partial charge in [-0.1, -0.05) is 0 Å². The van der Waals surface area contributed by atoms with E-state index in [1.54, 1.807) is 20.8 Å². The summed E-state index contributed by atoms with van der Waals surface area (Å²) in [6.07, 6.45) is -0.836. The van der Waals surface area contributed by atoms with Crippen LogP contribution in [0.1, 0.15) is 20.8 Å². The second kappa shape index (κ2) is 3.03. The van der Waals surface area contributed by atoms with Gasteiger partial charge in [-0.25, -0.2) is 4.79 Å². The van der Waals surface area contributed by atoms with E-state index in [0.29, 0.717) is 0 Å². The van der Waals surface area contributed by atoms with Gasteiger partial charge in [0.15, 0.2) is 11.9 Å². The molecule has 0 aromatic heterocycles. The van der Waals surface area contributed by atoms with Crippen molar-refractivity contribution in [2.75, 3.05) is 7.11 Å². The van der Waals surface area contributed by atoms with Gasteiger partial charge in [0.1, 0.15) is 0 Å². The van der Waals surface area contributed by atoms with Gasteiger partial charge in [0.05, 0.1) is 13.2 Å². The molecule has 1 fully saturated rings. The van der Waals surface area contributed by atoms with Crippen molar-refractivity contribution in [2.24, 2.45) is 0 Å². The van der Waals surface area contributed by atoms with Crippen LogP contribution in [-0.4, -0.2) is 31.1 Å². The van der Waals surface area contributed by atoms with Crippen molar-refractivity contribution in [2.45, 2.75) is 38.8 Å². The highest BCUT2D eigenvalue weighted by Crippen LogP contribution is 2.28. The molecule has 0 saturated carbocycles. The molecule has 4 nitrogen and oxygen atoms in total. The number of carbonyl (C=O) groups excluding carboxylic acids is 1. The average molecular weight is 174 g/mol. The van der Waals surface area contributed by atoms with Crippen LogP contribution >= 0.6 is 0 Å². The summed E-state index contributed by atoms with van der Waals surface area (Å²) in [5, 5.41) is 0. The third-order valence-corrected chi connectivity index (χ3v) is 1.74. The Kier molecular flexibility index (Phi) is 2.39. The number of rotatable bonds is 1. The van der Waals surface area contributed by atoms with E-state index >= 15 is 0 Å². The van der Waals surface area contributed by atoms with Crippen LogP contribution in [0.2, 0.25) is 0 Å². The highest BCUT2D eigenvalue weighted by Gasteiger charge is 2.43. The molecule has 1 heterocycles. The van der Waals surface area contributed by atoms with Crippen molar-refractivity contribution >= 4 is 5.97 Å². The molecular weight excluding hydrogens is 160 g/mol. The maximum atomic E-state index is 11.1. The fourth-order valence-corrected chi connectivity index (χ4v) is 1.29. The van der Waals surface area contributed by atoms with Crippen molar-refractivity contribution in [3.8, 4) is 0 Å². The Morgan fingerprint density at radius 2 is 2.00 bits per heavy atom. The molecule has 2 atom stereocenters. The summed E-state index contributed by atoms with van der Waals surface area (Å²) in [6, 6.07) is 0. The van der Waals surface area contributed by atoms with E-state index in [1.807, 2.05) is 0 Å². The quantitative estimate of drug-likeness (QED) is 0.549. The van der Waals surface area contributed by atoms with Gasteiger partial charge in [-0.2, -0.15) is 0 Å². The van der Waals surface area contributed by atoms with Crippen molar-refractivity contribution in [3.05, 3.63) is 0 Å². The van der Waals surface area contributed by atoms with Crippen LogP contribution in [0.5, 0.6) is 0 Å². The molecule has 1 rings (SSSR count). The van der Waals surface area contributed by atoms with Crippen molar-refractivity contribution in [1.82, 2.24) is 0 Å². The highest BCUT2D eigenvalue weighted by molar-refractivity contribution is 5.75. The molecule has 1 unspecified atom stereocenters. The minimum absolute atomic E-state index is 0.243. The number of hydrogen-bond donors (Lipinski definition) is 0. The van der Waals surface area contributed by atoms with Gasteiger partial charge in [-0.3, -0.25) is 0 Å². The third-order valence-electron chi connectivity index (χ3n) is 1.74. The number of ether oxygens (including phenoxy) is 3. The van der Waals surface area contributed by atoms with E-state index in [1.165, 1.54) is 7.11 Å². The Morgan fingerprint density at radius 1 is 1.42 bits per heavy atom. The van der Waals surface area contributed by atoms with Gasteiger partial charge in [0.25, 0.3) is 0 Å². The summed E-state index contributed by atoms with van der Waals surface area (Å²) in [6.45, 7) is 5.33. The Labute approximate surface area is 71.8 Å². The van der Waals surface area contributed by atoms with E-state index in [4.69, 9.17) is 9.47 Å². The molecule has 70 valence electrons. The summed E-state index contributed by atoms with van der Waals surface area (Å²) in [5.41, 5.74) is 0. The molecule has 0 aromatic carbocycles. The van der Waals surface area contributed by atoms with E-state index < -0.39 is 11.9 Å². The van der Waals surface area contributed by atoms with Crippen LogP contribution in [0.3, 0.4) is 0 Å². The Hall–Kier alpha value is -0.610. The molecule has 1 aliphatic heterocycles. The van der Waals surface area contributed by atoms with Crippen molar-refractivity contribution < 1.29 is 19.0 Å². The Bertz CT molecular complexity index is 187. The molecule has 0 amide bonds. The van der Waals surface area contributed by atoms with Crippen LogP contribution in [-0.2, 0) is 19.0 Å². The normalized spacial score (nSPS) is 33.3. The first-order valence-electron chi connectivity index (χ1n) is 3.90. The minimum atomic E-state index is -0.682. The van der Waals surface area contributed by atoms with Crippen LogP contribution in [0.4, 0.5) is 0 Å². The van der Waals surface area contributed by atoms with Crippen molar-refractivity contribution in [1.29, 1.82) is 0 Å². The summed E-state index contributed by atoms with van der Waals surface area (Å²) in [5.74, 6) is -1.06. The Balaban J connectivity index is 2.64. The fraction of sp³-hybridized carbons (Fsp3) is 0.875. The number of hydrogen-bond acceptors (Lipinski definition) is 4. The molecule has 0 bridgehead atoms. The third kappa shape index (κ3) is 1.76. The Morgan fingerprint density at radius 3 is 2.33 bits per heavy atom. The average Bonchev–Trinajstić information content (AvgIpc) is 2.23. The second-order valence-electron chi connectivity index (χ2n) is 3.28. The minimum Gasteiger partial charge on any atom is -0.467 e. The zero-order valence-electron chi connectivity index (χ0n) is 7.79. The maximum absolute atomic E-state index is 11.1. The number of esters is 1. The van der Waals surface area contributed by atoms with Crippen LogP contribution in [0.25, 0.3) is 0 Å². The predicted octanol–water partition coefficient (Wildman–Crippen LogP) is 0.699. The molecule has 1 aliphatic rings. The van der Waals surface area contributed by atoms with Crippen LogP contribution in [0.15, 0.2) is 0 Å². The summed E-state index contributed by atoms with van der Waals surface area (Å²) < 4.78 is 15.2. The van der Waals surface area contributed by atoms with Gasteiger partial charge in [-0.15, -0.1) is 0 Å². The topological polar surface area (TPSA) is 44.8 Å². The molecule has 0 aliphatic carbocycles. The molecule has 1 saturated heterocycles. The second-order valence-corrected chi connectivity index (χ2v) is 3.28. The summed E-state index contributed by atoms with van der Waals surface area (Å²) >= 11 is 0. The standard InChI is InChI=1S/C8H14O4/c1-5-6(7(9)10-4)12-8(2,3)11-5/h5-6H,1-4H3/t5-,6?/m1/s1. The molecule has 4 heteroatoms. The van der Waals surface area contributed by atoms with E-state index in [9.17, 15) is 4.79 Å². The van der Waals surface area contributed by atoms with Gasteiger partial charge in [0, 0.05) is 0 Å². The first kappa shape index (κ1) is 9.48. The molecule has 0 N–H and O–H groups in total. The molecule has 12 heavy (non-hydrogen) atoms. The number of methoxy groups -OCH3 is 1. The van der Waals surface area contributed by atoms with Crippen molar-refractivity contribution in [3.63, 3.8) is 0 Å². The fourth-order valence-electron chi connectivity index (χ4n) is 1.29. The lowest BCUT2D eigenvalue weighted by Crippen LogP contribution is -2.30. The van der Waals surface area contributed by atoms with Gasteiger partial charge in [-0.05, 0) is 20.8 Å². The maximum Gasteiger partial charge on any atom is 0.337 e. The number of carbonyl (C=O) groups is 1. The zero-order valence-corrected chi connectivity index (χ0v) is 7.79. The molecule has 0 spiro atoms. The van der Waals surface area contributed by atoms with Gasteiger partial charge < -0.3 is 14.2 Å². The van der Waals surface area contributed by atoms with Gasteiger partial charge >= 0.3 is 5.97 Å². The smallest absolute Gasteiger partial charge is 0.337 e.